The number of carboxylic acids is 1. The number of carbonyl (C=O) groups is 2. The van der Waals surface area contributed by atoms with E-state index in [-0.39, 0.29) is 19.1 Å². The SMILES string of the molecule is CCN1/C(=C/c2sc3ccc(Cl)cc3[n+]2CNC(=O)CN(c2ccc(C)cc2)C(C)C(=O)O)Sc2ccc(Cl)cc21. The number of hydrogen-bond acceptors (Lipinski definition) is 6. The van der Waals surface area contributed by atoms with Gasteiger partial charge < -0.3 is 14.9 Å². The average molecular weight is 629 g/mol. The molecule has 0 bridgehead atoms. The van der Waals surface area contributed by atoms with Crippen molar-refractivity contribution in [3.8, 4) is 0 Å². The maximum Gasteiger partial charge on any atom is 0.326 e. The summed E-state index contributed by atoms with van der Waals surface area (Å²) in [6.07, 6.45) is 2.12. The molecule has 1 aromatic heterocycles. The first-order valence-electron chi connectivity index (χ1n) is 13.1. The van der Waals surface area contributed by atoms with Gasteiger partial charge in [0.1, 0.15) is 10.7 Å². The van der Waals surface area contributed by atoms with Crippen LogP contribution in [0.25, 0.3) is 16.3 Å². The van der Waals surface area contributed by atoms with E-state index in [2.05, 4.69) is 23.2 Å². The molecule has 3 aromatic carbocycles. The average Bonchev–Trinajstić information content (AvgIpc) is 3.46. The van der Waals surface area contributed by atoms with E-state index in [0.717, 1.165) is 42.9 Å². The standard InChI is InChI=1S/C30H28Cl2N4O3S2/c1-4-34-23-13-20(31)7-11-25(23)40-28(34)15-29-36(24-14-21(32)8-12-26(24)41-29)17-33-27(37)16-35(19(3)30(38)39)22-9-5-18(2)6-10-22/h5-15,19H,4,16-17H2,1-3H3,(H-,33,37,38,39)/p+1. The molecule has 0 aliphatic carbocycles. The Morgan fingerprint density at radius 1 is 1.10 bits per heavy atom. The van der Waals surface area contributed by atoms with Crippen LogP contribution in [0, 0.1) is 6.92 Å². The number of anilines is 2. The molecule has 0 spiro atoms. The number of halogens is 2. The van der Waals surface area contributed by atoms with Gasteiger partial charge in [0, 0.05) is 33.2 Å². The fraction of sp³-hybridized carbons (Fsp3) is 0.233. The van der Waals surface area contributed by atoms with Crippen molar-refractivity contribution < 1.29 is 19.3 Å². The molecule has 212 valence electrons. The number of aromatic nitrogens is 1. The number of nitrogens with zero attached hydrogens (tertiary/aromatic N) is 3. The first-order chi connectivity index (χ1) is 19.6. The third kappa shape index (κ3) is 6.33. The summed E-state index contributed by atoms with van der Waals surface area (Å²) in [6, 6.07) is 18.2. The maximum atomic E-state index is 13.2. The monoisotopic (exact) mass is 627 g/mol. The predicted molar refractivity (Wildman–Crippen MR) is 169 cm³/mol. The number of amides is 1. The fourth-order valence-electron chi connectivity index (χ4n) is 4.66. The summed E-state index contributed by atoms with van der Waals surface area (Å²) < 4.78 is 3.06. The Morgan fingerprint density at radius 2 is 1.80 bits per heavy atom. The van der Waals surface area contributed by atoms with E-state index in [1.54, 1.807) is 34.9 Å². The van der Waals surface area contributed by atoms with Crippen LogP contribution >= 0.6 is 46.3 Å². The lowest BCUT2D eigenvalue weighted by atomic mass is 10.2. The molecule has 1 aliphatic heterocycles. The van der Waals surface area contributed by atoms with Crippen molar-refractivity contribution in [1.29, 1.82) is 0 Å². The summed E-state index contributed by atoms with van der Waals surface area (Å²) in [4.78, 5) is 30.0. The van der Waals surface area contributed by atoms with Gasteiger partial charge in [0.15, 0.2) is 0 Å². The van der Waals surface area contributed by atoms with Gasteiger partial charge >= 0.3 is 5.97 Å². The van der Waals surface area contributed by atoms with Crippen molar-refractivity contribution in [1.82, 2.24) is 5.32 Å². The topological polar surface area (TPSA) is 76.8 Å². The van der Waals surface area contributed by atoms with Crippen molar-refractivity contribution >= 4 is 85.8 Å². The molecule has 41 heavy (non-hydrogen) atoms. The lowest BCUT2D eigenvalue weighted by Gasteiger charge is -2.28. The van der Waals surface area contributed by atoms with E-state index in [1.807, 2.05) is 72.2 Å². The van der Waals surface area contributed by atoms with Crippen molar-refractivity contribution in [2.45, 2.75) is 38.4 Å². The quantitative estimate of drug-likeness (QED) is 0.199. The molecule has 2 heterocycles. The van der Waals surface area contributed by atoms with Crippen LogP contribution in [-0.4, -0.2) is 36.1 Å². The Labute approximate surface area is 257 Å². The predicted octanol–water partition coefficient (Wildman–Crippen LogP) is 6.79. The van der Waals surface area contributed by atoms with E-state index >= 15 is 0 Å². The molecule has 1 aliphatic rings. The fourth-order valence-corrected chi connectivity index (χ4v) is 7.29. The van der Waals surface area contributed by atoms with Gasteiger partial charge in [0.2, 0.25) is 18.1 Å². The molecular formula is C30H29Cl2N4O3S2+. The number of fused-ring (bicyclic) bond motifs is 2. The Balaban J connectivity index is 1.43. The lowest BCUT2D eigenvalue weighted by Crippen LogP contribution is -2.50. The number of rotatable bonds is 9. The largest absolute Gasteiger partial charge is 0.480 e. The minimum Gasteiger partial charge on any atom is -0.480 e. The molecule has 0 saturated carbocycles. The Kier molecular flexibility index (Phi) is 8.79. The van der Waals surface area contributed by atoms with Crippen molar-refractivity contribution in [3.63, 3.8) is 0 Å². The number of carbonyl (C=O) groups excluding carboxylic acids is 1. The van der Waals surface area contributed by atoms with Crippen LogP contribution in [0.1, 0.15) is 24.4 Å². The minimum atomic E-state index is -1.00. The van der Waals surface area contributed by atoms with E-state index in [0.29, 0.717) is 15.7 Å². The van der Waals surface area contributed by atoms with Gasteiger partial charge in [-0.25, -0.2) is 4.79 Å². The summed E-state index contributed by atoms with van der Waals surface area (Å²) in [6.45, 7) is 6.49. The van der Waals surface area contributed by atoms with Gasteiger partial charge in [-0.15, -0.1) is 0 Å². The number of hydrogen-bond donors (Lipinski definition) is 2. The Hall–Kier alpha value is -3.24. The lowest BCUT2D eigenvalue weighted by molar-refractivity contribution is -0.672. The number of aliphatic carboxylic acids is 1. The summed E-state index contributed by atoms with van der Waals surface area (Å²) in [5.74, 6) is -1.30. The molecule has 4 aromatic rings. The summed E-state index contributed by atoms with van der Waals surface area (Å²) in [5.41, 5.74) is 3.69. The second-order valence-electron chi connectivity index (χ2n) is 9.66. The number of aryl methyl sites for hydroxylation is 1. The van der Waals surface area contributed by atoms with Crippen molar-refractivity contribution in [2.24, 2.45) is 0 Å². The number of carboxylic acid groups (broad SMARTS) is 1. The molecule has 2 N–H and O–H groups in total. The first-order valence-corrected chi connectivity index (χ1v) is 15.4. The number of nitrogens with one attached hydrogen (secondary N) is 1. The van der Waals surface area contributed by atoms with E-state index < -0.39 is 12.0 Å². The van der Waals surface area contributed by atoms with Crippen molar-refractivity contribution in [3.05, 3.63) is 86.3 Å². The summed E-state index contributed by atoms with van der Waals surface area (Å²) in [7, 11) is 0. The maximum absolute atomic E-state index is 13.2. The zero-order valence-electron chi connectivity index (χ0n) is 22.7. The highest BCUT2D eigenvalue weighted by Crippen LogP contribution is 2.47. The first kappa shape index (κ1) is 29.3. The van der Waals surface area contributed by atoms with Gasteiger partial charge in [-0.1, -0.05) is 64.0 Å². The number of benzene rings is 3. The third-order valence-electron chi connectivity index (χ3n) is 6.89. The molecule has 0 fully saturated rings. The van der Waals surface area contributed by atoms with Crippen LogP contribution in [-0.2, 0) is 16.3 Å². The van der Waals surface area contributed by atoms with Crippen LogP contribution in [0.3, 0.4) is 0 Å². The molecule has 11 heteroatoms. The summed E-state index contributed by atoms with van der Waals surface area (Å²) in [5, 5.41) is 16.0. The second kappa shape index (κ2) is 12.3. The molecule has 1 unspecified atom stereocenters. The smallest absolute Gasteiger partial charge is 0.326 e. The molecule has 5 rings (SSSR count). The highest BCUT2D eigenvalue weighted by atomic mass is 35.5. The van der Waals surface area contributed by atoms with Gasteiger partial charge in [-0.2, -0.15) is 4.57 Å². The van der Waals surface area contributed by atoms with Crippen LogP contribution in [0.15, 0.2) is 70.6 Å². The van der Waals surface area contributed by atoms with Crippen LogP contribution < -0.4 is 19.7 Å². The van der Waals surface area contributed by atoms with Crippen LogP contribution in [0.2, 0.25) is 10.0 Å². The van der Waals surface area contributed by atoms with Gasteiger partial charge in [0.25, 0.3) is 5.01 Å². The van der Waals surface area contributed by atoms with E-state index in [9.17, 15) is 14.7 Å². The highest BCUT2D eigenvalue weighted by molar-refractivity contribution is 8.03. The number of thioether (sulfide) groups is 1. The summed E-state index contributed by atoms with van der Waals surface area (Å²) >= 11 is 15.9. The minimum absolute atomic E-state index is 0.105. The van der Waals surface area contributed by atoms with Gasteiger partial charge in [-0.3, -0.25) is 10.1 Å². The van der Waals surface area contributed by atoms with Gasteiger partial charge in [-0.05, 0) is 63.2 Å². The highest BCUT2D eigenvalue weighted by Gasteiger charge is 2.28. The molecule has 0 saturated heterocycles. The third-order valence-corrected chi connectivity index (χ3v) is 9.58. The number of thiazole rings is 1. The zero-order chi connectivity index (χ0) is 29.3. The van der Waals surface area contributed by atoms with E-state index in [1.165, 1.54) is 0 Å². The zero-order valence-corrected chi connectivity index (χ0v) is 25.9. The molecule has 0 radical (unpaired) electrons. The molecule has 1 atom stereocenters. The Bertz CT molecular complexity index is 1660. The Morgan fingerprint density at radius 3 is 2.51 bits per heavy atom. The van der Waals surface area contributed by atoms with Gasteiger partial charge in [0.05, 0.1) is 23.3 Å². The van der Waals surface area contributed by atoms with Crippen molar-refractivity contribution in [2.75, 3.05) is 22.9 Å². The van der Waals surface area contributed by atoms with Crippen LogP contribution in [0.4, 0.5) is 11.4 Å². The normalized spacial score (nSPS) is 14.4. The van der Waals surface area contributed by atoms with E-state index in [4.69, 9.17) is 23.2 Å². The molecule has 1 amide bonds. The molecular weight excluding hydrogens is 599 g/mol. The van der Waals surface area contributed by atoms with Crippen LogP contribution in [0.5, 0.6) is 0 Å². The second-order valence-corrected chi connectivity index (χ2v) is 12.7. The molecule has 7 nitrogen and oxygen atoms in total.